The van der Waals surface area contributed by atoms with Crippen LogP contribution in [0.1, 0.15) is 42.0 Å². The molecule has 2 rings (SSSR count). The molecule has 2 N–H and O–H groups in total. The molecular weight excluding hydrogens is 206 g/mol. The molecule has 0 amide bonds. The number of hydrogen-bond acceptors (Lipinski definition) is 4. The first-order chi connectivity index (χ1) is 7.77. The monoisotopic (exact) mass is 223 g/mol. The fourth-order valence-corrected chi connectivity index (χ4v) is 2.17. The Morgan fingerprint density at radius 1 is 1.75 bits per heavy atom. The summed E-state index contributed by atoms with van der Waals surface area (Å²) in [7, 11) is 0. The normalized spacial score (nSPS) is 19.2. The molecular formula is C11H17N3O2. The third-order valence-electron chi connectivity index (χ3n) is 2.95. The standard InChI is InChI=1S/C11H17N3O2/c1-2-16-11(15)9-7-13-10-8(6-12)4-3-5-14(9)10/h7-8H,2-6,12H2,1H3. The highest BCUT2D eigenvalue weighted by atomic mass is 16.5. The number of aromatic nitrogens is 2. The van der Waals surface area contributed by atoms with Crippen molar-refractivity contribution in [3.63, 3.8) is 0 Å². The first-order valence-electron chi connectivity index (χ1n) is 5.70. The van der Waals surface area contributed by atoms with Gasteiger partial charge in [-0.3, -0.25) is 0 Å². The lowest BCUT2D eigenvalue weighted by Crippen LogP contribution is -2.24. The molecule has 0 spiro atoms. The number of ether oxygens (including phenoxy) is 1. The van der Waals surface area contributed by atoms with Gasteiger partial charge in [0.05, 0.1) is 12.8 Å². The molecule has 5 nitrogen and oxygen atoms in total. The summed E-state index contributed by atoms with van der Waals surface area (Å²) >= 11 is 0. The smallest absolute Gasteiger partial charge is 0.356 e. The lowest BCUT2D eigenvalue weighted by Gasteiger charge is -2.23. The van der Waals surface area contributed by atoms with Crippen LogP contribution in [0, 0.1) is 0 Å². The number of nitrogens with zero attached hydrogens (tertiary/aromatic N) is 2. The first kappa shape index (κ1) is 11.1. The molecule has 1 aliphatic heterocycles. The Hall–Kier alpha value is -1.36. The highest BCUT2D eigenvalue weighted by Gasteiger charge is 2.25. The average Bonchev–Trinajstić information content (AvgIpc) is 2.72. The largest absolute Gasteiger partial charge is 0.461 e. The van der Waals surface area contributed by atoms with Gasteiger partial charge in [-0.05, 0) is 19.8 Å². The van der Waals surface area contributed by atoms with E-state index in [1.165, 1.54) is 0 Å². The third-order valence-corrected chi connectivity index (χ3v) is 2.95. The lowest BCUT2D eigenvalue weighted by atomic mass is 9.99. The molecule has 0 bridgehead atoms. The molecule has 1 aliphatic rings. The van der Waals surface area contributed by atoms with Crippen molar-refractivity contribution < 1.29 is 9.53 Å². The quantitative estimate of drug-likeness (QED) is 0.773. The van der Waals surface area contributed by atoms with E-state index in [1.807, 2.05) is 4.57 Å². The van der Waals surface area contributed by atoms with Gasteiger partial charge in [-0.1, -0.05) is 0 Å². The number of imidazole rings is 1. The highest BCUT2D eigenvalue weighted by Crippen LogP contribution is 2.26. The van der Waals surface area contributed by atoms with Crippen LogP contribution in [0.15, 0.2) is 6.20 Å². The van der Waals surface area contributed by atoms with E-state index in [-0.39, 0.29) is 11.9 Å². The molecule has 0 fully saturated rings. The minimum absolute atomic E-state index is 0.275. The molecule has 5 heteroatoms. The van der Waals surface area contributed by atoms with E-state index in [0.29, 0.717) is 18.8 Å². The Bertz CT molecular complexity index is 387. The summed E-state index contributed by atoms with van der Waals surface area (Å²) in [5, 5.41) is 0. The first-order valence-corrected chi connectivity index (χ1v) is 5.70. The predicted molar refractivity (Wildman–Crippen MR) is 59.2 cm³/mol. The van der Waals surface area contributed by atoms with Gasteiger partial charge in [-0.2, -0.15) is 0 Å². The maximum Gasteiger partial charge on any atom is 0.356 e. The fourth-order valence-electron chi connectivity index (χ4n) is 2.17. The molecule has 0 saturated carbocycles. The summed E-state index contributed by atoms with van der Waals surface area (Å²) in [6, 6.07) is 0. The second kappa shape index (κ2) is 4.65. The maximum absolute atomic E-state index is 11.7. The van der Waals surface area contributed by atoms with Crippen molar-refractivity contribution >= 4 is 5.97 Å². The van der Waals surface area contributed by atoms with Crippen LogP contribution in [-0.4, -0.2) is 28.7 Å². The number of rotatable bonds is 3. The minimum atomic E-state index is -0.293. The number of fused-ring (bicyclic) bond motifs is 1. The summed E-state index contributed by atoms with van der Waals surface area (Å²) in [4.78, 5) is 16.0. The number of esters is 1. The molecule has 88 valence electrons. The zero-order valence-corrected chi connectivity index (χ0v) is 9.48. The van der Waals surface area contributed by atoms with Gasteiger partial charge >= 0.3 is 5.97 Å². The molecule has 1 atom stereocenters. The molecule has 0 aliphatic carbocycles. The molecule has 1 aromatic rings. The Balaban J connectivity index is 2.29. The van der Waals surface area contributed by atoms with E-state index in [2.05, 4.69) is 4.98 Å². The number of carbonyl (C=O) groups is 1. The summed E-state index contributed by atoms with van der Waals surface area (Å²) < 4.78 is 6.93. The summed E-state index contributed by atoms with van der Waals surface area (Å²) in [5.41, 5.74) is 6.24. The van der Waals surface area contributed by atoms with Crippen molar-refractivity contribution in [2.75, 3.05) is 13.2 Å². The van der Waals surface area contributed by atoms with E-state index in [0.717, 1.165) is 25.2 Å². The summed E-state index contributed by atoms with van der Waals surface area (Å²) in [5.74, 6) is 0.910. The lowest BCUT2D eigenvalue weighted by molar-refractivity contribution is 0.0512. The molecule has 2 heterocycles. The van der Waals surface area contributed by atoms with E-state index in [4.69, 9.17) is 10.5 Å². The van der Waals surface area contributed by atoms with Gasteiger partial charge in [0.1, 0.15) is 11.5 Å². The molecule has 0 saturated heterocycles. The van der Waals surface area contributed by atoms with Crippen LogP contribution in [0.2, 0.25) is 0 Å². The van der Waals surface area contributed by atoms with Gasteiger partial charge in [0.15, 0.2) is 0 Å². The molecule has 16 heavy (non-hydrogen) atoms. The number of nitrogens with two attached hydrogens (primary N) is 1. The van der Waals surface area contributed by atoms with Crippen LogP contribution in [0.5, 0.6) is 0 Å². The van der Waals surface area contributed by atoms with E-state index in [1.54, 1.807) is 13.1 Å². The van der Waals surface area contributed by atoms with Crippen LogP contribution >= 0.6 is 0 Å². The molecule has 0 radical (unpaired) electrons. The van der Waals surface area contributed by atoms with Gasteiger partial charge in [0, 0.05) is 19.0 Å². The Morgan fingerprint density at radius 3 is 3.25 bits per heavy atom. The van der Waals surface area contributed by atoms with Crippen LogP contribution < -0.4 is 5.73 Å². The van der Waals surface area contributed by atoms with E-state index >= 15 is 0 Å². The third kappa shape index (κ3) is 1.82. The van der Waals surface area contributed by atoms with Gasteiger partial charge < -0.3 is 15.0 Å². The Morgan fingerprint density at radius 2 is 2.56 bits per heavy atom. The zero-order valence-electron chi connectivity index (χ0n) is 9.48. The summed E-state index contributed by atoms with van der Waals surface area (Å²) in [6.07, 6.45) is 3.69. The van der Waals surface area contributed by atoms with Crippen molar-refractivity contribution in [2.45, 2.75) is 32.2 Å². The maximum atomic E-state index is 11.7. The minimum Gasteiger partial charge on any atom is -0.461 e. The zero-order chi connectivity index (χ0) is 11.5. The van der Waals surface area contributed by atoms with E-state index in [9.17, 15) is 4.79 Å². The Labute approximate surface area is 94.6 Å². The molecule has 1 aromatic heterocycles. The topological polar surface area (TPSA) is 70.1 Å². The Kier molecular flexibility index (Phi) is 3.24. The van der Waals surface area contributed by atoms with Crippen molar-refractivity contribution in [3.8, 4) is 0 Å². The summed E-state index contributed by atoms with van der Waals surface area (Å²) in [6.45, 7) is 3.60. The highest BCUT2D eigenvalue weighted by molar-refractivity contribution is 5.87. The average molecular weight is 223 g/mol. The van der Waals surface area contributed by atoms with Crippen molar-refractivity contribution in [3.05, 3.63) is 17.7 Å². The second-order valence-corrected chi connectivity index (χ2v) is 3.95. The molecule has 0 aromatic carbocycles. The van der Waals surface area contributed by atoms with Gasteiger partial charge in [0.25, 0.3) is 0 Å². The number of hydrogen-bond donors (Lipinski definition) is 1. The van der Waals surface area contributed by atoms with Gasteiger partial charge in [0.2, 0.25) is 0 Å². The van der Waals surface area contributed by atoms with Crippen LogP contribution in [-0.2, 0) is 11.3 Å². The predicted octanol–water partition coefficient (Wildman–Crippen LogP) is 0.896. The van der Waals surface area contributed by atoms with E-state index < -0.39 is 0 Å². The molecule has 1 unspecified atom stereocenters. The van der Waals surface area contributed by atoms with Crippen molar-refractivity contribution in [1.82, 2.24) is 9.55 Å². The van der Waals surface area contributed by atoms with Crippen molar-refractivity contribution in [2.24, 2.45) is 5.73 Å². The number of carbonyl (C=O) groups excluding carboxylic acids is 1. The van der Waals surface area contributed by atoms with Crippen molar-refractivity contribution in [1.29, 1.82) is 0 Å². The van der Waals surface area contributed by atoms with Gasteiger partial charge in [-0.15, -0.1) is 0 Å². The van der Waals surface area contributed by atoms with Crippen LogP contribution in [0.3, 0.4) is 0 Å². The van der Waals surface area contributed by atoms with Gasteiger partial charge in [-0.25, -0.2) is 9.78 Å². The van der Waals surface area contributed by atoms with Crippen LogP contribution in [0.4, 0.5) is 0 Å². The SMILES string of the molecule is CCOC(=O)c1cnc2n1CCCC2CN. The fraction of sp³-hybridized carbons (Fsp3) is 0.636. The van der Waals surface area contributed by atoms with Crippen LogP contribution in [0.25, 0.3) is 0 Å². The second-order valence-electron chi connectivity index (χ2n) is 3.95.